The number of hydrogen-bond acceptors (Lipinski definition) is 14. The van der Waals surface area contributed by atoms with E-state index in [1.54, 1.807) is 0 Å². The largest absolute Gasteiger partial charge is 0.469 e. The van der Waals surface area contributed by atoms with E-state index in [0.29, 0.717) is 0 Å². The molecule has 35 heavy (non-hydrogen) atoms. The summed E-state index contributed by atoms with van der Waals surface area (Å²) in [6.45, 7) is 6.69. The fraction of sp³-hybridized carbons (Fsp3) is 0.905. The molecule has 0 amide bonds. The topological polar surface area (TPSA) is 222 Å². The van der Waals surface area contributed by atoms with Crippen LogP contribution < -0.4 is 0 Å². The van der Waals surface area contributed by atoms with Gasteiger partial charge >= 0.3 is 11.9 Å². The van der Waals surface area contributed by atoms with Crippen LogP contribution >= 0.6 is 0 Å². The fourth-order valence-corrected chi connectivity index (χ4v) is 3.11. The smallest absolute Gasteiger partial charge is 0.306 e. The molecule has 10 unspecified atom stereocenters. The van der Waals surface area contributed by atoms with Gasteiger partial charge in [-0.15, -0.1) is 0 Å². The van der Waals surface area contributed by atoms with Gasteiger partial charge < -0.3 is 59.4 Å². The van der Waals surface area contributed by atoms with E-state index in [1.807, 2.05) is 27.7 Å². The van der Waals surface area contributed by atoms with Gasteiger partial charge in [0.15, 0.2) is 12.6 Å². The van der Waals surface area contributed by atoms with Gasteiger partial charge in [-0.25, -0.2) is 0 Å². The Balaban J connectivity index is 0.00000274. The van der Waals surface area contributed by atoms with Crippen molar-refractivity contribution in [1.82, 2.24) is 0 Å². The number of aliphatic hydroxyl groups is 7. The first-order valence-corrected chi connectivity index (χ1v) is 11.5. The van der Waals surface area contributed by atoms with Gasteiger partial charge in [-0.1, -0.05) is 27.7 Å². The van der Waals surface area contributed by atoms with E-state index < -0.39 is 86.6 Å². The molecule has 0 aliphatic carbocycles. The summed E-state index contributed by atoms with van der Waals surface area (Å²) in [6, 6.07) is 0. The van der Waals surface area contributed by atoms with Crippen LogP contribution in [0.3, 0.4) is 0 Å². The molecule has 2 aliphatic heterocycles. The first kappa shape index (κ1) is 33.5. The summed E-state index contributed by atoms with van der Waals surface area (Å²) in [6.07, 6.45) is -17.1. The van der Waals surface area contributed by atoms with Gasteiger partial charge in [-0.3, -0.25) is 9.59 Å². The lowest BCUT2D eigenvalue weighted by molar-refractivity contribution is -0.355. The van der Waals surface area contributed by atoms with Crippen LogP contribution in [0.15, 0.2) is 0 Å². The van der Waals surface area contributed by atoms with Crippen molar-refractivity contribution in [3.63, 3.8) is 0 Å². The summed E-state index contributed by atoms with van der Waals surface area (Å²) < 4.78 is 25.1. The number of methoxy groups -OCH3 is 1. The highest BCUT2D eigenvalue weighted by molar-refractivity contribution is 5.77. The van der Waals surface area contributed by atoms with Crippen molar-refractivity contribution in [3.05, 3.63) is 0 Å². The Labute approximate surface area is 203 Å². The minimum absolute atomic E-state index is 0.240. The van der Waals surface area contributed by atoms with Crippen molar-refractivity contribution in [1.29, 1.82) is 0 Å². The van der Waals surface area contributed by atoms with Crippen molar-refractivity contribution >= 4 is 11.9 Å². The predicted octanol–water partition coefficient (Wildman–Crippen LogP) is -2.84. The van der Waals surface area contributed by atoms with E-state index >= 15 is 0 Å². The van der Waals surface area contributed by atoms with E-state index in [0.717, 1.165) is 7.11 Å². The quantitative estimate of drug-likeness (QED) is 0.162. The van der Waals surface area contributed by atoms with Crippen LogP contribution in [0.1, 0.15) is 40.5 Å². The number of rotatable bonds is 8. The van der Waals surface area contributed by atoms with Crippen molar-refractivity contribution in [2.45, 2.75) is 102 Å². The molecule has 0 bridgehead atoms. The molecule has 2 fully saturated rings. The maximum Gasteiger partial charge on any atom is 0.306 e. The molecule has 2 rings (SSSR count). The molecule has 10 atom stereocenters. The average molecular weight is 517 g/mol. The summed E-state index contributed by atoms with van der Waals surface area (Å²) >= 11 is 0. The second-order valence-corrected chi connectivity index (χ2v) is 7.10. The molecule has 2 aliphatic rings. The second-order valence-electron chi connectivity index (χ2n) is 7.10. The highest BCUT2D eigenvalue weighted by Crippen LogP contribution is 2.28. The lowest BCUT2D eigenvalue weighted by atomic mass is 9.97. The number of hydrogen-bond donors (Lipinski definition) is 7. The molecule has 2 saturated heterocycles. The Hall–Kier alpha value is -1.46. The number of carbonyl (C=O) groups excluding carboxylic acids is 2. The van der Waals surface area contributed by atoms with Crippen LogP contribution in [-0.2, 0) is 33.3 Å². The summed E-state index contributed by atoms with van der Waals surface area (Å²) in [7, 11) is 1.15. The Morgan fingerprint density at radius 2 is 1.31 bits per heavy atom. The van der Waals surface area contributed by atoms with Gasteiger partial charge in [-0.05, 0) is 0 Å². The van der Waals surface area contributed by atoms with E-state index in [-0.39, 0.29) is 12.8 Å². The molecule has 2 heterocycles. The van der Waals surface area contributed by atoms with Crippen molar-refractivity contribution in [2.24, 2.45) is 0 Å². The minimum atomic E-state index is -1.86. The Morgan fingerprint density at radius 3 is 1.86 bits per heavy atom. The molecule has 0 saturated carbocycles. The lowest BCUT2D eigenvalue weighted by Gasteiger charge is -2.45. The molecule has 0 aromatic heterocycles. The van der Waals surface area contributed by atoms with Gasteiger partial charge in [0.25, 0.3) is 0 Å². The maximum absolute atomic E-state index is 11.8. The third-order valence-electron chi connectivity index (χ3n) is 4.97. The van der Waals surface area contributed by atoms with Gasteiger partial charge in [0.05, 0.1) is 26.6 Å². The SMILES string of the molecule is CC.CC.COC(=O)CCC(=O)OCC1OC(O)C(O)C(O)C1OC1OC(CO)C(O)C(O)C1O. The third kappa shape index (κ3) is 9.49. The van der Waals surface area contributed by atoms with Crippen molar-refractivity contribution in [2.75, 3.05) is 20.3 Å². The van der Waals surface area contributed by atoms with Crippen molar-refractivity contribution in [3.8, 4) is 0 Å². The molecule has 208 valence electrons. The van der Waals surface area contributed by atoms with E-state index in [2.05, 4.69) is 4.74 Å². The Kier molecular flexibility index (Phi) is 16.4. The van der Waals surface area contributed by atoms with Crippen LogP contribution in [-0.4, -0.2) is 129 Å². The predicted molar refractivity (Wildman–Crippen MR) is 116 cm³/mol. The molecule has 0 spiro atoms. The normalized spacial score (nSPS) is 36.6. The van der Waals surface area contributed by atoms with Gasteiger partial charge in [0, 0.05) is 0 Å². The zero-order valence-corrected chi connectivity index (χ0v) is 20.6. The summed E-state index contributed by atoms with van der Waals surface area (Å²) in [5, 5.41) is 69.0. The molecule has 0 aromatic rings. The molecule has 0 radical (unpaired) electrons. The highest BCUT2D eigenvalue weighted by Gasteiger charge is 2.50. The van der Waals surface area contributed by atoms with Crippen LogP contribution in [0.2, 0.25) is 0 Å². The monoisotopic (exact) mass is 516 g/mol. The number of carbonyl (C=O) groups is 2. The van der Waals surface area contributed by atoms with Crippen molar-refractivity contribution < 1.29 is 69.0 Å². The summed E-state index contributed by atoms with van der Waals surface area (Å²) in [5.74, 6) is -1.46. The van der Waals surface area contributed by atoms with Gasteiger partial charge in [0.2, 0.25) is 0 Å². The summed E-state index contributed by atoms with van der Waals surface area (Å²) in [4.78, 5) is 22.9. The van der Waals surface area contributed by atoms with Gasteiger partial charge in [0.1, 0.15) is 55.4 Å². The molecule has 14 heteroatoms. The Bertz CT molecular complexity index is 603. The van der Waals surface area contributed by atoms with Crippen LogP contribution in [0.5, 0.6) is 0 Å². The minimum Gasteiger partial charge on any atom is -0.469 e. The molecule has 14 nitrogen and oxygen atoms in total. The lowest BCUT2D eigenvalue weighted by Crippen LogP contribution is -2.64. The van der Waals surface area contributed by atoms with E-state index in [9.17, 15) is 45.3 Å². The third-order valence-corrected chi connectivity index (χ3v) is 4.97. The highest BCUT2D eigenvalue weighted by atomic mass is 16.7. The molecule has 0 aromatic carbocycles. The number of ether oxygens (including phenoxy) is 5. The molecular formula is C21H40O14. The molecule has 7 N–H and O–H groups in total. The van der Waals surface area contributed by atoms with Gasteiger partial charge in [-0.2, -0.15) is 0 Å². The average Bonchev–Trinajstić information content (AvgIpc) is 2.88. The second kappa shape index (κ2) is 17.1. The van der Waals surface area contributed by atoms with E-state index in [1.165, 1.54) is 0 Å². The Morgan fingerprint density at radius 1 is 0.743 bits per heavy atom. The van der Waals surface area contributed by atoms with Crippen LogP contribution in [0, 0.1) is 0 Å². The first-order chi connectivity index (χ1) is 16.6. The first-order valence-electron chi connectivity index (χ1n) is 11.5. The van der Waals surface area contributed by atoms with Crippen LogP contribution in [0.25, 0.3) is 0 Å². The zero-order valence-electron chi connectivity index (χ0n) is 20.6. The summed E-state index contributed by atoms with van der Waals surface area (Å²) in [5.41, 5.74) is 0. The molecular weight excluding hydrogens is 476 g/mol. The zero-order chi connectivity index (χ0) is 27.3. The fourth-order valence-electron chi connectivity index (χ4n) is 3.11. The van der Waals surface area contributed by atoms with E-state index in [4.69, 9.17) is 18.9 Å². The standard InChI is InChI=1S/C17H28O14.2C2H6/c1-27-8(19)2-3-9(20)28-5-7-15(12(23)13(24)16(26)29-7)31-17-14(25)11(22)10(21)6(4-18)30-17;2*1-2/h6-7,10-18,21-26H,2-5H2,1H3;2*1-2H3. The number of esters is 2. The number of aliphatic hydroxyl groups excluding tert-OH is 7. The maximum atomic E-state index is 11.8. The van der Waals surface area contributed by atoms with Crippen LogP contribution in [0.4, 0.5) is 0 Å².